The highest BCUT2D eigenvalue weighted by atomic mass is 32.2. The number of carbonyl (C=O) groups excluding carboxylic acids is 2. The number of ketones is 1. The first kappa shape index (κ1) is 20.4. The van der Waals surface area contributed by atoms with Gasteiger partial charge >= 0.3 is 0 Å². The maximum absolute atomic E-state index is 12.9. The van der Waals surface area contributed by atoms with Crippen LogP contribution in [0.4, 0.5) is 0 Å². The predicted molar refractivity (Wildman–Crippen MR) is 123 cm³/mol. The molecular formula is C24H28N4O2S. The molecule has 162 valence electrons. The van der Waals surface area contributed by atoms with E-state index < -0.39 is 0 Å². The highest BCUT2D eigenvalue weighted by molar-refractivity contribution is 7.99. The number of thioether (sulfide) groups is 1. The number of aromatic nitrogens is 3. The van der Waals surface area contributed by atoms with E-state index in [9.17, 15) is 9.59 Å². The van der Waals surface area contributed by atoms with Gasteiger partial charge in [0, 0.05) is 30.9 Å². The molecule has 3 aromatic rings. The molecule has 2 fully saturated rings. The molecule has 0 atom stereocenters. The Morgan fingerprint density at radius 2 is 1.84 bits per heavy atom. The third-order valence-electron chi connectivity index (χ3n) is 6.46. The monoisotopic (exact) mass is 436 g/mol. The van der Waals surface area contributed by atoms with Gasteiger partial charge in [-0.1, -0.05) is 43.2 Å². The van der Waals surface area contributed by atoms with Crippen LogP contribution in [-0.4, -0.2) is 50.0 Å². The van der Waals surface area contributed by atoms with Crippen molar-refractivity contribution in [2.75, 3.05) is 18.8 Å². The lowest BCUT2D eigenvalue weighted by Crippen LogP contribution is -2.27. The molecule has 3 heterocycles. The zero-order valence-electron chi connectivity index (χ0n) is 17.7. The van der Waals surface area contributed by atoms with Crippen molar-refractivity contribution in [1.82, 2.24) is 19.4 Å². The number of aromatic amines is 1. The van der Waals surface area contributed by atoms with Crippen molar-refractivity contribution in [2.45, 2.75) is 56.1 Å². The van der Waals surface area contributed by atoms with Crippen molar-refractivity contribution in [3.8, 4) is 0 Å². The number of amides is 1. The van der Waals surface area contributed by atoms with Crippen LogP contribution in [0.1, 0.15) is 71.8 Å². The molecule has 1 aliphatic heterocycles. The van der Waals surface area contributed by atoms with Gasteiger partial charge < -0.3 is 14.5 Å². The van der Waals surface area contributed by atoms with Crippen molar-refractivity contribution >= 4 is 34.5 Å². The van der Waals surface area contributed by atoms with E-state index in [0.717, 1.165) is 42.1 Å². The van der Waals surface area contributed by atoms with Gasteiger partial charge in [0.05, 0.1) is 16.8 Å². The summed E-state index contributed by atoms with van der Waals surface area (Å²) in [4.78, 5) is 35.1. The van der Waals surface area contributed by atoms with Crippen LogP contribution in [0.25, 0.3) is 11.0 Å². The van der Waals surface area contributed by atoms with E-state index in [4.69, 9.17) is 4.98 Å². The zero-order valence-corrected chi connectivity index (χ0v) is 18.5. The van der Waals surface area contributed by atoms with Crippen LogP contribution in [-0.2, 0) is 0 Å². The topological polar surface area (TPSA) is 71.0 Å². The first-order chi connectivity index (χ1) is 15.2. The molecule has 31 heavy (non-hydrogen) atoms. The third-order valence-corrected chi connectivity index (χ3v) is 7.42. The maximum Gasteiger partial charge on any atom is 0.270 e. The van der Waals surface area contributed by atoms with Crippen LogP contribution >= 0.6 is 11.8 Å². The quantitative estimate of drug-likeness (QED) is 0.432. The Morgan fingerprint density at radius 3 is 2.65 bits per heavy atom. The lowest BCUT2D eigenvalue weighted by Gasteiger charge is -2.25. The standard InChI is InChI=1S/C24H28N4O2S/c29-22(17-14-20(25-15-17)23(30)27-12-6-7-13-27)16-31-24-26-19-10-4-5-11-21(19)28(24)18-8-2-1-3-9-18/h4-5,10-11,14-15,18,25H,1-3,6-9,12-13,16H2. The number of hydrogen-bond donors (Lipinski definition) is 1. The summed E-state index contributed by atoms with van der Waals surface area (Å²) in [5.74, 6) is 0.317. The molecule has 6 nitrogen and oxygen atoms in total. The Hall–Kier alpha value is -2.54. The summed E-state index contributed by atoms with van der Waals surface area (Å²) in [5, 5.41) is 0.922. The lowest BCUT2D eigenvalue weighted by molar-refractivity contribution is 0.0787. The van der Waals surface area contributed by atoms with Crippen LogP contribution in [0, 0.1) is 0 Å². The van der Waals surface area contributed by atoms with Gasteiger partial charge in [-0.05, 0) is 43.9 Å². The van der Waals surface area contributed by atoms with E-state index in [0.29, 0.717) is 23.1 Å². The Balaban J connectivity index is 1.32. The van der Waals surface area contributed by atoms with Crippen molar-refractivity contribution in [1.29, 1.82) is 0 Å². The van der Waals surface area contributed by atoms with E-state index >= 15 is 0 Å². The van der Waals surface area contributed by atoms with E-state index in [1.807, 2.05) is 17.0 Å². The average Bonchev–Trinajstić information content (AvgIpc) is 3.57. The summed E-state index contributed by atoms with van der Waals surface area (Å²) < 4.78 is 2.35. The third kappa shape index (κ3) is 4.15. The number of rotatable bonds is 6. The second-order valence-electron chi connectivity index (χ2n) is 8.56. The minimum absolute atomic E-state index is 0.0108. The van der Waals surface area contributed by atoms with Crippen LogP contribution < -0.4 is 0 Å². The predicted octanol–water partition coefficient (Wildman–Crippen LogP) is 5.08. The number of nitrogens with zero attached hydrogens (tertiary/aromatic N) is 3. The molecule has 7 heteroatoms. The molecule has 1 saturated carbocycles. The smallest absolute Gasteiger partial charge is 0.270 e. The molecule has 1 aromatic carbocycles. The molecule has 1 aliphatic carbocycles. The van der Waals surface area contributed by atoms with E-state index in [1.54, 1.807) is 12.3 Å². The van der Waals surface area contributed by atoms with Gasteiger partial charge in [0.1, 0.15) is 5.69 Å². The summed E-state index contributed by atoms with van der Waals surface area (Å²) in [6, 6.07) is 10.4. The lowest BCUT2D eigenvalue weighted by atomic mass is 9.95. The molecule has 0 radical (unpaired) electrons. The Bertz CT molecular complexity index is 1090. The highest BCUT2D eigenvalue weighted by Crippen LogP contribution is 2.35. The van der Waals surface area contributed by atoms with Gasteiger partial charge in [0.25, 0.3) is 5.91 Å². The average molecular weight is 437 g/mol. The Morgan fingerprint density at radius 1 is 1.06 bits per heavy atom. The van der Waals surface area contributed by atoms with Gasteiger partial charge in [0.2, 0.25) is 0 Å². The van der Waals surface area contributed by atoms with Crippen LogP contribution in [0.3, 0.4) is 0 Å². The van der Waals surface area contributed by atoms with Crippen LogP contribution in [0.5, 0.6) is 0 Å². The van der Waals surface area contributed by atoms with Crippen molar-refractivity contribution in [2.24, 2.45) is 0 Å². The van der Waals surface area contributed by atoms with E-state index in [-0.39, 0.29) is 11.7 Å². The SMILES string of the molecule is O=C(CSc1nc2ccccc2n1C1CCCCC1)c1c[nH]c(C(=O)N2CCCC2)c1. The normalized spacial score (nSPS) is 17.5. The molecule has 1 amide bonds. The highest BCUT2D eigenvalue weighted by Gasteiger charge is 2.24. The van der Waals surface area contributed by atoms with Gasteiger partial charge in [-0.25, -0.2) is 4.98 Å². The molecular weight excluding hydrogens is 408 g/mol. The van der Waals surface area contributed by atoms with Gasteiger partial charge in [-0.15, -0.1) is 0 Å². The van der Waals surface area contributed by atoms with Crippen LogP contribution in [0.15, 0.2) is 41.7 Å². The summed E-state index contributed by atoms with van der Waals surface area (Å²) in [6.45, 7) is 1.60. The zero-order chi connectivity index (χ0) is 21.2. The number of hydrogen-bond acceptors (Lipinski definition) is 4. The first-order valence-electron chi connectivity index (χ1n) is 11.3. The minimum Gasteiger partial charge on any atom is -0.356 e. The first-order valence-corrected chi connectivity index (χ1v) is 12.3. The molecule has 5 rings (SSSR count). The van der Waals surface area contributed by atoms with Gasteiger partial charge in [-0.3, -0.25) is 9.59 Å². The molecule has 2 aromatic heterocycles. The second kappa shape index (κ2) is 8.91. The molecule has 0 spiro atoms. The largest absolute Gasteiger partial charge is 0.356 e. The number of Topliss-reactive ketones (excluding diaryl/α,β-unsaturated/α-hetero) is 1. The molecule has 0 unspecified atom stereocenters. The molecule has 0 bridgehead atoms. The van der Waals surface area contributed by atoms with Gasteiger partial charge in [0.15, 0.2) is 10.9 Å². The molecule has 1 N–H and O–H groups in total. The number of likely N-dealkylation sites (tertiary alicyclic amines) is 1. The Kier molecular flexibility index (Phi) is 5.85. The number of benzene rings is 1. The Labute approximate surface area is 186 Å². The van der Waals surface area contributed by atoms with Crippen molar-refractivity contribution in [3.63, 3.8) is 0 Å². The summed E-state index contributed by atoms with van der Waals surface area (Å²) in [7, 11) is 0. The van der Waals surface area contributed by atoms with Gasteiger partial charge in [-0.2, -0.15) is 0 Å². The second-order valence-corrected chi connectivity index (χ2v) is 9.50. The van der Waals surface area contributed by atoms with E-state index in [1.165, 1.54) is 43.9 Å². The number of para-hydroxylation sites is 2. The number of nitrogens with one attached hydrogen (secondary N) is 1. The van der Waals surface area contributed by atoms with Crippen molar-refractivity contribution < 1.29 is 9.59 Å². The molecule has 2 aliphatic rings. The maximum atomic E-state index is 12.9. The summed E-state index contributed by atoms with van der Waals surface area (Å²) in [6.07, 6.45) is 9.90. The molecule has 1 saturated heterocycles. The summed E-state index contributed by atoms with van der Waals surface area (Å²) >= 11 is 1.51. The van der Waals surface area contributed by atoms with Crippen LogP contribution in [0.2, 0.25) is 0 Å². The fourth-order valence-corrected chi connectivity index (χ4v) is 5.78. The number of H-pyrrole nitrogens is 1. The number of imidazole rings is 1. The fourth-order valence-electron chi connectivity index (χ4n) is 4.80. The number of fused-ring (bicyclic) bond motifs is 1. The van der Waals surface area contributed by atoms with E-state index in [2.05, 4.69) is 21.7 Å². The fraction of sp³-hybridized carbons (Fsp3) is 0.458. The van der Waals surface area contributed by atoms with Crippen molar-refractivity contribution in [3.05, 3.63) is 47.8 Å². The minimum atomic E-state index is -0.0108. The summed E-state index contributed by atoms with van der Waals surface area (Å²) in [5.41, 5.74) is 3.22. The number of carbonyl (C=O) groups is 2.